The van der Waals surface area contributed by atoms with Crippen LogP contribution in [0.3, 0.4) is 0 Å². The van der Waals surface area contributed by atoms with Crippen molar-refractivity contribution in [2.75, 3.05) is 13.1 Å². The monoisotopic (exact) mass is 342 g/mol. The van der Waals surface area contributed by atoms with Crippen molar-refractivity contribution in [1.82, 2.24) is 14.5 Å². The second-order valence-corrected chi connectivity index (χ2v) is 7.26. The molecule has 132 valence electrons. The topological polar surface area (TPSA) is 64.2 Å². The first-order valence-electron chi connectivity index (χ1n) is 8.85. The largest absolute Gasteiger partial charge is 0.327 e. The third kappa shape index (κ3) is 2.39. The summed E-state index contributed by atoms with van der Waals surface area (Å²) in [5.41, 5.74) is 8.29. The average Bonchev–Trinajstić information content (AvgIpc) is 3.26. The Morgan fingerprint density at radius 3 is 2.52 bits per heavy atom. The highest BCUT2D eigenvalue weighted by molar-refractivity contribution is 5.80. The van der Waals surface area contributed by atoms with Crippen LogP contribution in [-0.4, -0.2) is 33.4 Å². The first kappa shape index (κ1) is 16.3. The SMILES string of the molecule is CC(C)c1c(-c2ccc(F)cc2)nc2n1CCN(C(=O)CN)C21CC1. The maximum absolute atomic E-state index is 13.3. The van der Waals surface area contributed by atoms with Gasteiger partial charge in [-0.2, -0.15) is 0 Å². The lowest BCUT2D eigenvalue weighted by molar-refractivity contribution is -0.134. The second kappa shape index (κ2) is 5.66. The van der Waals surface area contributed by atoms with E-state index >= 15 is 0 Å². The quantitative estimate of drug-likeness (QED) is 0.932. The number of rotatable bonds is 3. The predicted molar refractivity (Wildman–Crippen MR) is 93.4 cm³/mol. The molecule has 1 aliphatic carbocycles. The summed E-state index contributed by atoms with van der Waals surface area (Å²) in [6, 6.07) is 6.49. The molecule has 2 heterocycles. The second-order valence-electron chi connectivity index (χ2n) is 7.26. The van der Waals surface area contributed by atoms with Crippen molar-refractivity contribution < 1.29 is 9.18 Å². The molecule has 4 rings (SSSR count). The Bertz CT molecular complexity index is 821. The van der Waals surface area contributed by atoms with Crippen LogP contribution in [0.25, 0.3) is 11.3 Å². The van der Waals surface area contributed by atoms with Gasteiger partial charge in [0.15, 0.2) is 0 Å². The molecular formula is C19H23FN4O. The number of fused-ring (bicyclic) bond motifs is 2. The van der Waals surface area contributed by atoms with Gasteiger partial charge < -0.3 is 15.2 Å². The highest BCUT2D eigenvalue weighted by Gasteiger charge is 2.56. The summed E-state index contributed by atoms with van der Waals surface area (Å²) >= 11 is 0. The minimum Gasteiger partial charge on any atom is -0.327 e. The zero-order valence-electron chi connectivity index (χ0n) is 14.6. The number of carbonyl (C=O) groups is 1. The summed E-state index contributed by atoms with van der Waals surface area (Å²) < 4.78 is 15.6. The zero-order chi connectivity index (χ0) is 17.8. The van der Waals surface area contributed by atoms with Crippen molar-refractivity contribution in [2.24, 2.45) is 5.73 Å². The number of nitrogens with zero attached hydrogens (tertiary/aromatic N) is 3. The van der Waals surface area contributed by atoms with E-state index in [-0.39, 0.29) is 29.7 Å². The Morgan fingerprint density at radius 2 is 1.96 bits per heavy atom. The molecule has 2 aliphatic rings. The van der Waals surface area contributed by atoms with E-state index in [0.717, 1.165) is 42.2 Å². The van der Waals surface area contributed by atoms with Crippen molar-refractivity contribution in [3.63, 3.8) is 0 Å². The first-order valence-corrected chi connectivity index (χ1v) is 8.85. The molecule has 1 amide bonds. The zero-order valence-corrected chi connectivity index (χ0v) is 14.6. The number of carbonyl (C=O) groups excluding carboxylic acids is 1. The molecule has 2 N–H and O–H groups in total. The normalized spacial score (nSPS) is 17.9. The van der Waals surface area contributed by atoms with Crippen LogP contribution in [0.4, 0.5) is 4.39 Å². The Morgan fingerprint density at radius 1 is 1.28 bits per heavy atom. The standard InChI is InChI=1S/C19H23FN4O/c1-12(2)17-16(13-3-5-14(20)6-4-13)22-18-19(7-8-19)24(15(25)11-21)10-9-23(17)18/h3-6,12H,7-11,21H2,1-2H3. The van der Waals surface area contributed by atoms with Crippen molar-refractivity contribution in [3.8, 4) is 11.3 Å². The number of benzene rings is 1. The summed E-state index contributed by atoms with van der Waals surface area (Å²) in [7, 11) is 0. The van der Waals surface area contributed by atoms with Gasteiger partial charge in [0, 0.05) is 24.3 Å². The average molecular weight is 342 g/mol. The van der Waals surface area contributed by atoms with Gasteiger partial charge in [-0.25, -0.2) is 9.37 Å². The highest BCUT2D eigenvalue weighted by atomic mass is 19.1. The molecule has 0 bridgehead atoms. The maximum atomic E-state index is 13.3. The fraction of sp³-hybridized carbons (Fsp3) is 0.474. The number of hydrogen-bond donors (Lipinski definition) is 1. The van der Waals surface area contributed by atoms with Gasteiger partial charge >= 0.3 is 0 Å². The summed E-state index contributed by atoms with van der Waals surface area (Å²) in [5, 5.41) is 0. The Kier molecular flexibility index (Phi) is 3.68. The molecular weight excluding hydrogens is 319 g/mol. The minimum absolute atomic E-state index is 0.0128. The molecule has 2 aromatic rings. The van der Waals surface area contributed by atoms with Crippen molar-refractivity contribution in [3.05, 3.63) is 41.6 Å². The van der Waals surface area contributed by atoms with Gasteiger partial charge in [0.05, 0.1) is 12.2 Å². The smallest absolute Gasteiger partial charge is 0.237 e. The third-order valence-electron chi connectivity index (χ3n) is 5.35. The molecule has 1 fully saturated rings. The number of hydrogen-bond acceptors (Lipinski definition) is 3. The summed E-state index contributed by atoms with van der Waals surface area (Å²) in [6.07, 6.45) is 1.85. The lowest BCUT2D eigenvalue weighted by Crippen LogP contribution is -2.49. The Balaban J connectivity index is 1.86. The van der Waals surface area contributed by atoms with E-state index in [4.69, 9.17) is 10.7 Å². The molecule has 6 heteroatoms. The van der Waals surface area contributed by atoms with Crippen LogP contribution in [0.1, 0.15) is 44.1 Å². The lowest BCUT2D eigenvalue weighted by atomic mass is 10.0. The highest BCUT2D eigenvalue weighted by Crippen LogP contribution is 2.53. The van der Waals surface area contributed by atoms with E-state index in [1.54, 1.807) is 12.1 Å². The summed E-state index contributed by atoms with van der Waals surface area (Å²) in [5.74, 6) is 0.982. The van der Waals surface area contributed by atoms with E-state index in [1.807, 2.05) is 4.90 Å². The van der Waals surface area contributed by atoms with Crippen LogP contribution in [0.2, 0.25) is 0 Å². The molecule has 0 radical (unpaired) electrons. The molecule has 0 atom stereocenters. The third-order valence-corrected chi connectivity index (χ3v) is 5.35. The number of imidazole rings is 1. The Labute approximate surface area is 146 Å². The van der Waals surface area contributed by atoms with Crippen molar-refractivity contribution in [2.45, 2.75) is 44.7 Å². The van der Waals surface area contributed by atoms with Crippen LogP contribution < -0.4 is 5.73 Å². The fourth-order valence-electron chi connectivity index (χ4n) is 4.07. The van der Waals surface area contributed by atoms with E-state index < -0.39 is 0 Å². The van der Waals surface area contributed by atoms with E-state index in [9.17, 15) is 9.18 Å². The molecule has 0 unspecified atom stereocenters. The van der Waals surface area contributed by atoms with Gasteiger partial charge in [0.1, 0.15) is 17.2 Å². The summed E-state index contributed by atoms with van der Waals surface area (Å²) in [4.78, 5) is 19.2. The van der Waals surface area contributed by atoms with Crippen molar-refractivity contribution >= 4 is 5.91 Å². The molecule has 1 spiro atoms. The molecule has 25 heavy (non-hydrogen) atoms. The number of halogens is 1. The van der Waals surface area contributed by atoms with Crippen LogP contribution in [0.15, 0.2) is 24.3 Å². The van der Waals surface area contributed by atoms with Gasteiger partial charge in [-0.15, -0.1) is 0 Å². The van der Waals surface area contributed by atoms with Gasteiger partial charge in [0.25, 0.3) is 0 Å². The number of amides is 1. The molecule has 1 aliphatic heterocycles. The molecule has 1 saturated carbocycles. The molecule has 1 aromatic heterocycles. The van der Waals surface area contributed by atoms with Crippen molar-refractivity contribution in [1.29, 1.82) is 0 Å². The maximum Gasteiger partial charge on any atom is 0.237 e. The van der Waals surface area contributed by atoms with Crippen LogP contribution in [0.5, 0.6) is 0 Å². The van der Waals surface area contributed by atoms with E-state index in [0.29, 0.717) is 6.54 Å². The van der Waals surface area contributed by atoms with Gasteiger partial charge in [-0.05, 0) is 43.0 Å². The first-order chi connectivity index (χ1) is 12.0. The van der Waals surface area contributed by atoms with Gasteiger partial charge in [-0.3, -0.25) is 4.79 Å². The molecule has 0 saturated heterocycles. The fourth-order valence-corrected chi connectivity index (χ4v) is 4.07. The molecule has 1 aromatic carbocycles. The van der Waals surface area contributed by atoms with E-state index in [1.165, 1.54) is 12.1 Å². The van der Waals surface area contributed by atoms with Crippen LogP contribution in [-0.2, 0) is 16.9 Å². The number of aromatic nitrogens is 2. The minimum atomic E-state index is -0.295. The van der Waals surface area contributed by atoms with Gasteiger partial charge in [-0.1, -0.05) is 13.8 Å². The van der Waals surface area contributed by atoms with Gasteiger partial charge in [0.2, 0.25) is 5.91 Å². The van der Waals surface area contributed by atoms with E-state index in [2.05, 4.69) is 18.4 Å². The predicted octanol–water partition coefficient (Wildman–Crippen LogP) is 2.60. The number of nitrogens with two attached hydrogens (primary N) is 1. The summed E-state index contributed by atoms with van der Waals surface area (Å²) in [6.45, 7) is 5.72. The lowest BCUT2D eigenvalue weighted by Gasteiger charge is -2.37. The molecule has 5 nitrogen and oxygen atoms in total. The van der Waals surface area contributed by atoms with Crippen LogP contribution in [0, 0.1) is 5.82 Å². The Hall–Kier alpha value is -2.21. The van der Waals surface area contributed by atoms with Crippen LogP contribution >= 0.6 is 0 Å².